The first-order chi connectivity index (χ1) is 15.7. The van der Waals surface area contributed by atoms with E-state index < -0.39 is 12.4 Å². The lowest BCUT2D eigenvalue weighted by molar-refractivity contribution is -0.151. The van der Waals surface area contributed by atoms with Gasteiger partial charge in [0.05, 0.1) is 34.6 Å². The minimum atomic E-state index is -2.72. The van der Waals surface area contributed by atoms with Crippen molar-refractivity contribution in [1.29, 1.82) is 0 Å². The molecule has 0 amide bonds. The summed E-state index contributed by atoms with van der Waals surface area (Å²) < 4.78 is 44.4. The molecular formula is C24H21ClF2O6. The highest BCUT2D eigenvalue weighted by atomic mass is 35.5. The standard InChI is InChI=1S/C24H21ClF2O6/c1-12-7-20(32-6-5-31-14-8-13(9-14)24(29)30)17(10-16(12)23(26)27)21-11-19(28)15-3-2-4-18(25)22(15)33-21/h2-4,7,10-11,13-14,23H,5-6,8-9H2,1H3,(H,29,30)/t13-,14+. The van der Waals surface area contributed by atoms with Crippen LogP contribution in [0.15, 0.2) is 45.6 Å². The third-order valence-corrected chi connectivity index (χ3v) is 6.01. The van der Waals surface area contributed by atoms with E-state index in [-0.39, 0.29) is 69.3 Å². The van der Waals surface area contributed by atoms with E-state index in [1.807, 2.05) is 0 Å². The molecule has 1 fully saturated rings. The fourth-order valence-corrected chi connectivity index (χ4v) is 4.00. The Labute approximate surface area is 192 Å². The van der Waals surface area contributed by atoms with Crippen LogP contribution in [0.4, 0.5) is 8.78 Å². The molecule has 4 rings (SSSR count). The van der Waals surface area contributed by atoms with Gasteiger partial charge in [-0.25, -0.2) is 8.78 Å². The Morgan fingerprint density at radius 3 is 2.70 bits per heavy atom. The smallest absolute Gasteiger partial charge is 0.306 e. The number of alkyl halides is 2. The average Bonchev–Trinajstić information content (AvgIpc) is 2.72. The number of carbonyl (C=O) groups is 1. The Balaban J connectivity index is 1.60. The molecule has 1 saturated carbocycles. The SMILES string of the molecule is Cc1cc(OCCO[C@H]2C[C@@H](C(=O)O)C2)c(-c2cc(=O)c3cccc(Cl)c3o2)cc1C(F)F. The molecule has 33 heavy (non-hydrogen) atoms. The Bertz CT molecular complexity index is 1250. The zero-order valence-corrected chi connectivity index (χ0v) is 18.4. The molecule has 174 valence electrons. The van der Waals surface area contributed by atoms with Gasteiger partial charge >= 0.3 is 5.97 Å². The first kappa shape index (κ1) is 23.2. The summed E-state index contributed by atoms with van der Waals surface area (Å²) in [6.07, 6.45) is -1.96. The minimum Gasteiger partial charge on any atom is -0.490 e. The maximum atomic E-state index is 13.6. The van der Waals surface area contributed by atoms with E-state index >= 15 is 0 Å². The van der Waals surface area contributed by atoms with Crippen LogP contribution in [0.3, 0.4) is 0 Å². The Kier molecular flexibility index (Phi) is 6.67. The highest BCUT2D eigenvalue weighted by Crippen LogP contribution is 2.37. The molecule has 0 saturated heterocycles. The van der Waals surface area contributed by atoms with Crippen molar-refractivity contribution in [3.8, 4) is 17.1 Å². The molecule has 9 heteroatoms. The van der Waals surface area contributed by atoms with Crippen molar-refractivity contribution in [2.45, 2.75) is 32.3 Å². The molecule has 6 nitrogen and oxygen atoms in total. The highest BCUT2D eigenvalue weighted by Gasteiger charge is 2.35. The van der Waals surface area contributed by atoms with E-state index in [2.05, 4.69) is 0 Å². The number of benzene rings is 2. The van der Waals surface area contributed by atoms with Gasteiger partial charge in [-0.15, -0.1) is 0 Å². The van der Waals surface area contributed by atoms with Gasteiger partial charge in [0, 0.05) is 11.6 Å². The lowest BCUT2D eigenvalue weighted by Gasteiger charge is -2.32. The number of carboxylic acids is 1. The van der Waals surface area contributed by atoms with Gasteiger partial charge in [0.2, 0.25) is 0 Å². The van der Waals surface area contributed by atoms with Gasteiger partial charge in [-0.3, -0.25) is 9.59 Å². The number of halogens is 3. The van der Waals surface area contributed by atoms with Crippen molar-refractivity contribution in [3.05, 3.63) is 62.8 Å². The Morgan fingerprint density at radius 2 is 2.00 bits per heavy atom. The number of aryl methyl sites for hydroxylation is 1. The summed E-state index contributed by atoms with van der Waals surface area (Å²) in [4.78, 5) is 23.5. The van der Waals surface area contributed by atoms with Crippen LogP contribution in [0.1, 0.15) is 30.4 Å². The number of hydrogen-bond acceptors (Lipinski definition) is 5. The second-order valence-corrected chi connectivity index (χ2v) is 8.35. The van der Waals surface area contributed by atoms with E-state index in [1.54, 1.807) is 25.1 Å². The molecule has 1 aliphatic carbocycles. The van der Waals surface area contributed by atoms with Crippen LogP contribution in [0.2, 0.25) is 5.02 Å². The van der Waals surface area contributed by atoms with E-state index in [1.165, 1.54) is 18.2 Å². The normalized spacial score (nSPS) is 17.8. The number of ether oxygens (including phenoxy) is 2. The summed E-state index contributed by atoms with van der Waals surface area (Å²) in [5, 5.41) is 9.43. The molecule has 0 bridgehead atoms. The predicted octanol–water partition coefficient (Wildman–Crippen LogP) is 5.62. The summed E-state index contributed by atoms with van der Waals surface area (Å²) in [7, 11) is 0. The second kappa shape index (κ2) is 9.49. The first-order valence-corrected chi connectivity index (χ1v) is 10.7. The molecule has 2 aromatic carbocycles. The lowest BCUT2D eigenvalue weighted by Crippen LogP contribution is -2.37. The summed E-state index contributed by atoms with van der Waals surface area (Å²) >= 11 is 6.18. The zero-order chi connectivity index (χ0) is 23.7. The molecule has 0 spiro atoms. The molecule has 1 aliphatic rings. The number of aliphatic carboxylic acids is 1. The number of rotatable bonds is 8. The van der Waals surface area contributed by atoms with Gasteiger partial charge in [-0.2, -0.15) is 0 Å². The van der Waals surface area contributed by atoms with E-state index in [4.69, 9.17) is 30.6 Å². The molecular weight excluding hydrogens is 458 g/mol. The topological polar surface area (TPSA) is 86.0 Å². The summed E-state index contributed by atoms with van der Waals surface area (Å²) in [5.41, 5.74) is 0.122. The number of fused-ring (bicyclic) bond motifs is 1. The van der Waals surface area contributed by atoms with Gasteiger partial charge in [-0.05, 0) is 49.6 Å². The quantitative estimate of drug-likeness (QED) is 0.423. The van der Waals surface area contributed by atoms with Crippen molar-refractivity contribution >= 4 is 28.5 Å². The van der Waals surface area contributed by atoms with E-state index in [9.17, 15) is 18.4 Å². The van der Waals surface area contributed by atoms with Crippen molar-refractivity contribution in [3.63, 3.8) is 0 Å². The van der Waals surface area contributed by atoms with Gasteiger partial charge < -0.3 is 19.0 Å². The molecule has 1 heterocycles. The molecule has 3 aromatic rings. The molecule has 0 aliphatic heterocycles. The summed E-state index contributed by atoms with van der Waals surface area (Å²) in [6.45, 7) is 1.84. The number of hydrogen-bond donors (Lipinski definition) is 1. The molecule has 0 radical (unpaired) electrons. The van der Waals surface area contributed by atoms with Crippen molar-refractivity contribution in [2.75, 3.05) is 13.2 Å². The monoisotopic (exact) mass is 478 g/mol. The third kappa shape index (κ3) is 4.86. The average molecular weight is 479 g/mol. The van der Waals surface area contributed by atoms with Gasteiger partial charge in [0.1, 0.15) is 18.1 Å². The largest absolute Gasteiger partial charge is 0.490 e. The second-order valence-electron chi connectivity index (χ2n) is 7.94. The lowest BCUT2D eigenvalue weighted by atomic mass is 9.82. The first-order valence-electron chi connectivity index (χ1n) is 10.4. The minimum absolute atomic E-state index is 0.0571. The van der Waals surface area contributed by atoms with Gasteiger partial charge in [0.25, 0.3) is 6.43 Å². The maximum Gasteiger partial charge on any atom is 0.306 e. The Morgan fingerprint density at radius 1 is 1.24 bits per heavy atom. The van der Waals surface area contributed by atoms with Crippen LogP contribution in [-0.4, -0.2) is 30.4 Å². The van der Waals surface area contributed by atoms with Crippen molar-refractivity contribution in [1.82, 2.24) is 0 Å². The van der Waals surface area contributed by atoms with Crippen LogP contribution in [0.5, 0.6) is 5.75 Å². The van der Waals surface area contributed by atoms with E-state index in [0.717, 1.165) is 0 Å². The molecule has 1 N–H and O–H groups in total. The van der Waals surface area contributed by atoms with Crippen LogP contribution in [0, 0.1) is 12.8 Å². The van der Waals surface area contributed by atoms with Crippen molar-refractivity contribution in [2.24, 2.45) is 5.92 Å². The van der Waals surface area contributed by atoms with Gasteiger partial charge in [0.15, 0.2) is 11.0 Å². The van der Waals surface area contributed by atoms with E-state index in [0.29, 0.717) is 18.4 Å². The summed E-state index contributed by atoms with van der Waals surface area (Å²) in [6, 6.07) is 8.71. The van der Waals surface area contributed by atoms with Crippen LogP contribution >= 0.6 is 11.6 Å². The third-order valence-electron chi connectivity index (χ3n) is 5.71. The fraction of sp³-hybridized carbons (Fsp3) is 0.333. The van der Waals surface area contributed by atoms with Crippen molar-refractivity contribution < 1.29 is 32.6 Å². The van der Waals surface area contributed by atoms with Crippen LogP contribution in [-0.2, 0) is 9.53 Å². The summed E-state index contributed by atoms with van der Waals surface area (Å²) in [5.74, 6) is -0.897. The number of para-hydroxylation sites is 1. The molecule has 1 aromatic heterocycles. The highest BCUT2D eigenvalue weighted by molar-refractivity contribution is 6.34. The fourth-order valence-electron chi connectivity index (χ4n) is 3.79. The zero-order valence-electron chi connectivity index (χ0n) is 17.6. The maximum absolute atomic E-state index is 13.6. The predicted molar refractivity (Wildman–Crippen MR) is 118 cm³/mol. The molecule has 0 unspecified atom stereocenters. The van der Waals surface area contributed by atoms with Crippen LogP contribution in [0.25, 0.3) is 22.3 Å². The molecule has 0 atom stereocenters. The Hall–Kier alpha value is -2.97. The van der Waals surface area contributed by atoms with Gasteiger partial charge in [-0.1, -0.05) is 17.7 Å². The van der Waals surface area contributed by atoms with Crippen LogP contribution < -0.4 is 10.2 Å². The number of carboxylic acid groups (broad SMARTS) is 1.